The Morgan fingerprint density at radius 2 is 1.68 bits per heavy atom. The fraction of sp³-hybridized carbons (Fsp3) is 0.579. The highest BCUT2D eigenvalue weighted by Crippen LogP contribution is 2.34. The summed E-state index contributed by atoms with van der Waals surface area (Å²) in [4.78, 5) is 24.9. The molecule has 0 aliphatic carbocycles. The van der Waals surface area contributed by atoms with E-state index in [1.807, 2.05) is 12.9 Å². The normalized spacial score (nSPS) is 10.5. The van der Waals surface area contributed by atoms with Crippen LogP contribution in [0.5, 0.6) is 0 Å². The summed E-state index contributed by atoms with van der Waals surface area (Å²) >= 11 is 4.85. The standard InChI is InChI=1S/C16H25BrN2OS.C2H3F3.CH2O/c1-6-10-19(5)11-9-13-7-8-14(17)15(12(13)2)21-16(20)18(3)4;1-2(3,4)5;1-2/h7-8H,6,9-11H2,1-5H3;1H3;1H2. The molecule has 28 heavy (non-hydrogen) atoms. The van der Waals surface area contributed by atoms with Gasteiger partial charge < -0.3 is 14.6 Å². The third-order valence-electron chi connectivity index (χ3n) is 3.39. The van der Waals surface area contributed by atoms with Crippen LogP contribution in [0.3, 0.4) is 0 Å². The molecule has 0 aliphatic rings. The molecule has 0 bridgehead atoms. The predicted octanol–water partition coefficient (Wildman–Crippen LogP) is 5.80. The fourth-order valence-electron chi connectivity index (χ4n) is 2.08. The smallest absolute Gasteiger partial charge is 0.339 e. The van der Waals surface area contributed by atoms with Gasteiger partial charge in [0.1, 0.15) is 6.79 Å². The van der Waals surface area contributed by atoms with E-state index in [1.165, 1.54) is 29.3 Å². The lowest BCUT2D eigenvalue weighted by atomic mass is 10.1. The highest BCUT2D eigenvalue weighted by atomic mass is 79.9. The molecular weight excluding hydrogens is 457 g/mol. The van der Waals surface area contributed by atoms with Gasteiger partial charge in [-0.3, -0.25) is 4.79 Å². The van der Waals surface area contributed by atoms with Crippen molar-refractivity contribution in [3.8, 4) is 0 Å². The van der Waals surface area contributed by atoms with Gasteiger partial charge in [0.15, 0.2) is 0 Å². The second kappa shape index (κ2) is 14.9. The summed E-state index contributed by atoms with van der Waals surface area (Å²) < 4.78 is 32.1. The van der Waals surface area contributed by atoms with Gasteiger partial charge in [-0.1, -0.05) is 13.0 Å². The number of carbonyl (C=O) groups excluding carboxylic acids is 2. The van der Waals surface area contributed by atoms with Crippen LogP contribution in [0.4, 0.5) is 18.0 Å². The van der Waals surface area contributed by atoms with Crippen LogP contribution in [-0.4, -0.2) is 62.2 Å². The molecule has 0 N–H and O–H groups in total. The number of hydrogen-bond acceptors (Lipinski definition) is 4. The highest BCUT2D eigenvalue weighted by molar-refractivity contribution is 9.10. The van der Waals surface area contributed by atoms with Gasteiger partial charge in [-0.15, -0.1) is 0 Å². The second-order valence-corrected chi connectivity index (χ2v) is 8.07. The second-order valence-electron chi connectivity index (χ2n) is 6.26. The van der Waals surface area contributed by atoms with E-state index in [-0.39, 0.29) is 12.2 Å². The van der Waals surface area contributed by atoms with E-state index in [2.05, 4.69) is 47.8 Å². The number of thioether (sulfide) groups is 1. The van der Waals surface area contributed by atoms with E-state index in [0.717, 1.165) is 28.9 Å². The molecular formula is C19H30BrF3N2O2S. The van der Waals surface area contributed by atoms with Crippen molar-refractivity contribution >= 4 is 39.7 Å². The van der Waals surface area contributed by atoms with Crippen LogP contribution < -0.4 is 0 Å². The van der Waals surface area contributed by atoms with Crippen LogP contribution in [0.2, 0.25) is 0 Å². The van der Waals surface area contributed by atoms with Gasteiger partial charge in [0.2, 0.25) is 0 Å². The zero-order valence-electron chi connectivity index (χ0n) is 17.3. The maximum Gasteiger partial charge on any atom is 0.386 e. The van der Waals surface area contributed by atoms with Gasteiger partial charge >= 0.3 is 6.18 Å². The SMILES string of the molecule is C=O.CC(F)(F)F.CCCN(C)CCc1ccc(Br)c(SC(=O)N(C)C)c1C. The monoisotopic (exact) mass is 486 g/mol. The molecule has 1 amide bonds. The van der Waals surface area contributed by atoms with Crippen molar-refractivity contribution in [1.29, 1.82) is 0 Å². The number of halogens is 4. The number of alkyl halides is 3. The first kappa shape index (κ1) is 29.1. The van der Waals surface area contributed by atoms with Gasteiger partial charge in [-0.05, 0) is 78.2 Å². The van der Waals surface area contributed by atoms with E-state index in [0.29, 0.717) is 0 Å². The molecule has 0 heterocycles. The molecule has 1 rings (SSSR count). The molecule has 1 aromatic carbocycles. The van der Waals surface area contributed by atoms with E-state index >= 15 is 0 Å². The molecule has 1 aromatic rings. The van der Waals surface area contributed by atoms with Gasteiger partial charge in [0.25, 0.3) is 5.24 Å². The lowest BCUT2D eigenvalue weighted by molar-refractivity contribution is -0.110. The zero-order valence-corrected chi connectivity index (χ0v) is 19.7. The maximum atomic E-state index is 11.9. The maximum absolute atomic E-state index is 11.9. The summed E-state index contributed by atoms with van der Waals surface area (Å²) in [7, 11) is 5.72. The van der Waals surface area contributed by atoms with Gasteiger partial charge in [-0.2, -0.15) is 13.2 Å². The molecule has 0 unspecified atom stereocenters. The Bertz CT molecular complexity index is 593. The van der Waals surface area contributed by atoms with Crippen molar-refractivity contribution in [2.75, 3.05) is 34.2 Å². The van der Waals surface area contributed by atoms with Crippen molar-refractivity contribution in [3.05, 3.63) is 27.7 Å². The number of likely N-dealkylation sites (N-methyl/N-ethyl adjacent to an activating group) is 1. The molecule has 0 radical (unpaired) electrons. The first-order valence-electron chi connectivity index (χ1n) is 8.58. The van der Waals surface area contributed by atoms with Crippen molar-refractivity contribution in [1.82, 2.24) is 9.80 Å². The summed E-state index contributed by atoms with van der Waals surface area (Å²) in [6.45, 7) is 8.65. The Kier molecular flexibility index (Phi) is 15.5. The van der Waals surface area contributed by atoms with Crippen LogP contribution >= 0.6 is 27.7 Å². The third-order valence-corrected chi connectivity index (χ3v) is 5.59. The Labute approximate surface area is 179 Å². The molecule has 0 fully saturated rings. The molecule has 0 saturated heterocycles. The molecule has 0 aliphatic heterocycles. The largest absolute Gasteiger partial charge is 0.386 e. The minimum atomic E-state index is -4.00. The lowest BCUT2D eigenvalue weighted by Crippen LogP contribution is -2.22. The minimum absolute atomic E-state index is 0.0547. The average molecular weight is 487 g/mol. The summed E-state index contributed by atoms with van der Waals surface area (Å²) in [5.41, 5.74) is 2.52. The van der Waals surface area contributed by atoms with Crippen LogP contribution in [0.25, 0.3) is 0 Å². The van der Waals surface area contributed by atoms with Crippen LogP contribution in [0.1, 0.15) is 31.4 Å². The molecule has 162 valence electrons. The summed E-state index contributed by atoms with van der Waals surface area (Å²) in [6.07, 6.45) is -1.81. The summed E-state index contributed by atoms with van der Waals surface area (Å²) in [6, 6.07) is 4.21. The average Bonchev–Trinajstić information content (AvgIpc) is 2.58. The molecule has 0 spiro atoms. The van der Waals surface area contributed by atoms with Crippen molar-refractivity contribution in [3.63, 3.8) is 0 Å². The van der Waals surface area contributed by atoms with E-state index < -0.39 is 6.18 Å². The number of amides is 1. The van der Waals surface area contributed by atoms with Crippen LogP contribution in [0, 0.1) is 6.92 Å². The van der Waals surface area contributed by atoms with Crippen molar-refractivity contribution in [2.45, 2.75) is 44.7 Å². The first-order valence-corrected chi connectivity index (χ1v) is 10.2. The highest BCUT2D eigenvalue weighted by Gasteiger charge is 2.16. The van der Waals surface area contributed by atoms with Crippen molar-refractivity contribution < 1.29 is 22.8 Å². The number of benzene rings is 1. The topological polar surface area (TPSA) is 40.6 Å². The van der Waals surface area contributed by atoms with E-state index in [9.17, 15) is 18.0 Å². The minimum Gasteiger partial charge on any atom is -0.339 e. The molecule has 9 heteroatoms. The lowest BCUT2D eigenvalue weighted by Gasteiger charge is -2.18. The van der Waals surface area contributed by atoms with Crippen LogP contribution in [0.15, 0.2) is 21.5 Å². The van der Waals surface area contributed by atoms with Gasteiger partial charge in [-0.25, -0.2) is 0 Å². The number of hydrogen-bond donors (Lipinski definition) is 0. The number of nitrogens with zero attached hydrogens (tertiary/aromatic N) is 2. The summed E-state index contributed by atoms with van der Waals surface area (Å²) in [5, 5.41) is 0.0547. The van der Waals surface area contributed by atoms with Gasteiger partial charge in [0, 0.05) is 36.9 Å². The van der Waals surface area contributed by atoms with E-state index in [1.54, 1.807) is 19.0 Å². The summed E-state index contributed by atoms with van der Waals surface area (Å²) in [5.74, 6) is 0. The number of carbonyl (C=O) groups is 2. The number of rotatable bonds is 6. The van der Waals surface area contributed by atoms with Crippen LogP contribution in [-0.2, 0) is 11.2 Å². The molecule has 0 saturated carbocycles. The first-order chi connectivity index (χ1) is 12.9. The Balaban J connectivity index is 0. The molecule has 4 nitrogen and oxygen atoms in total. The van der Waals surface area contributed by atoms with Gasteiger partial charge in [0.05, 0.1) is 0 Å². The van der Waals surface area contributed by atoms with E-state index in [4.69, 9.17) is 4.79 Å². The molecule has 0 aromatic heterocycles. The zero-order chi connectivity index (χ0) is 22.5. The Morgan fingerprint density at radius 1 is 1.18 bits per heavy atom. The Morgan fingerprint density at radius 3 is 2.11 bits per heavy atom. The quantitative estimate of drug-likeness (QED) is 0.476. The Hall–Kier alpha value is -1.06. The predicted molar refractivity (Wildman–Crippen MR) is 114 cm³/mol. The third kappa shape index (κ3) is 14.0. The molecule has 0 atom stereocenters. The van der Waals surface area contributed by atoms with Crippen molar-refractivity contribution in [2.24, 2.45) is 0 Å². The fourth-order valence-corrected chi connectivity index (χ4v) is 3.56.